The molecule has 1 unspecified atom stereocenters. The van der Waals surface area contributed by atoms with Crippen LogP contribution in [0.15, 0.2) is 71.6 Å². The van der Waals surface area contributed by atoms with Crippen LogP contribution in [0.4, 0.5) is 32.3 Å². The highest BCUT2D eigenvalue weighted by Gasteiger charge is 2.15. The molecule has 3 aromatic carbocycles. The summed E-state index contributed by atoms with van der Waals surface area (Å²) in [7, 11) is 0. The van der Waals surface area contributed by atoms with Gasteiger partial charge in [0.25, 0.3) is 0 Å². The van der Waals surface area contributed by atoms with E-state index in [4.69, 9.17) is 12.6 Å². The molecule has 0 bridgehead atoms. The van der Waals surface area contributed by atoms with E-state index in [0.29, 0.717) is 22.4 Å². The summed E-state index contributed by atoms with van der Waals surface area (Å²) in [5.74, 6) is -0.889. The first kappa shape index (κ1) is 31.1. The molecule has 0 aliphatic carbocycles. The van der Waals surface area contributed by atoms with E-state index in [-0.39, 0.29) is 35.0 Å². The fourth-order valence-corrected chi connectivity index (χ4v) is 3.03. The molecule has 0 nitrogen and oxygen atoms in total. The van der Waals surface area contributed by atoms with Gasteiger partial charge in [-0.25, -0.2) is 8.78 Å². The Bertz CT molecular complexity index is 816. The monoisotopic (exact) mass is 439 g/mol. The minimum absolute atomic E-state index is 0. The molecule has 29 heavy (non-hydrogen) atoms. The second-order valence-electron chi connectivity index (χ2n) is 5.97. The SMILES string of the molecule is CC(Cc1cc(F)c(-c2ccc([S])cc2)c(F)c1)c1ccccc1.F.F.F.F.F. The van der Waals surface area contributed by atoms with E-state index in [0.717, 1.165) is 5.56 Å². The molecular formula is C21H22F7S. The van der Waals surface area contributed by atoms with E-state index in [1.165, 1.54) is 12.1 Å². The van der Waals surface area contributed by atoms with Gasteiger partial charge in [-0.1, -0.05) is 62.0 Å². The summed E-state index contributed by atoms with van der Waals surface area (Å²) in [6, 6.07) is 19.5. The van der Waals surface area contributed by atoms with E-state index >= 15 is 0 Å². The first-order chi connectivity index (χ1) is 11.5. The van der Waals surface area contributed by atoms with Gasteiger partial charge in [-0.15, -0.1) is 0 Å². The first-order valence-electron chi connectivity index (χ1n) is 7.85. The molecular weight excluding hydrogens is 417 g/mol. The molecule has 0 fully saturated rings. The molecule has 0 aliphatic heterocycles. The average molecular weight is 439 g/mol. The smallest absolute Gasteiger partial charge is 0.134 e. The first-order valence-corrected chi connectivity index (χ1v) is 8.25. The standard InChI is InChI=1S/C21H17F2S.5FH/c1-14(16-5-3-2-4-6-16)11-15-12-19(22)21(20(23)13-15)17-7-9-18(24)10-8-17;;;;;/h2-10,12-14H,11H2,1H3;5*1H. The van der Waals surface area contributed by atoms with Gasteiger partial charge in [0.2, 0.25) is 0 Å². The van der Waals surface area contributed by atoms with Gasteiger partial charge in [0.1, 0.15) is 11.6 Å². The molecule has 3 aromatic rings. The van der Waals surface area contributed by atoms with Gasteiger partial charge in [-0.2, -0.15) is 0 Å². The highest BCUT2D eigenvalue weighted by Crippen LogP contribution is 2.30. The Morgan fingerprint density at radius 2 is 1.24 bits per heavy atom. The zero-order valence-electron chi connectivity index (χ0n) is 15.3. The molecule has 0 aromatic heterocycles. The number of hydrogen-bond acceptors (Lipinski definition) is 0. The van der Waals surface area contributed by atoms with Gasteiger partial charge in [-0.05, 0) is 53.3 Å². The molecule has 1 atom stereocenters. The zero-order valence-corrected chi connectivity index (χ0v) is 16.2. The number of benzene rings is 3. The lowest BCUT2D eigenvalue weighted by atomic mass is 9.92. The maximum Gasteiger partial charge on any atom is 0.134 e. The summed E-state index contributed by atoms with van der Waals surface area (Å²) < 4.78 is 29.0. The number of halogens is 7. The molecule has 0 amide bonds. The number of rotatable bonds is 4. The lowest BCUT2D eigenvalue weighted by Gasteiger charge is -2.14. The third kappa shape index (κ3) is 7.38. The number of hydrogen-bond donors (Lipinski definition) is 0. The van der Waals surface area contributed by atoms with Gasteiger partial charge in [0, 0.05) is 4.90 Å². The van der Waals surface area contributed by atoms with E-state index in [1.54, 1.807) is 24.3 Å². The van der Waals surface area contributed by atoms with Crippen LogP contribution in [0.5, 0.6) is 0 Å². The summed E-state index contributed by atoms with van der Waals surface area (Å²) in [4.78, 5) is 0.646. The zero-order chi connectivity index (χ0) is 17.1. The molecule has 3 rings (SSSR count). The van der Waals surface area contributed by atoms with Crippen molar-refractivity contribution in [3.05, 3.63) is 89.5 Å². The molecule has 0 heterocycles. The minimum atomic E-state index is -0.539. The lowest BCUT2D eigenvalue weighted by molar-refractivity contribution is 0.583. The Morgan fingerprint density at radius 1 is 0.759 bits per heavy atom. The van der Waals surface area contributed by atoms with Crippen molar-refractivity contribution in [2.45, 2.75) is 24.2 Å². The van der Waals surface area contributed by atoms with Gasteiger partial charge < -0.3 is 0 Å². The Hall–Kier alpha value is -2.61. The maximum absolute atomic E-state index is 14.5. The van der Waals surface area contributed by atoms with Crippen LogP contribution in [0, 0.1) is 11.6 Å². The van der Waals surface area contributed by atoms with Gasteiger partial charge in [0.15, 0.2) is 0 Å². The van der Waals surface area contributed by atoms with Crippen molar-refractivity contribution in [1.82, 2.24) is 0 Å². The highest BCUT2D eigenvalue weighted by molar-refractivity contribution is 7.80. The van der Waals surface area contributed by atoms with E-state index in [9.17, 15) is 8.78 Å². The summed E-state index contributed by atoms with van der Waals surface area (Å²) in [5.41, 5.74) is 2.32. The van der Waals surface area contributed by atoms with Gasteiger partial charge in [0.05, 0.1) is 5.56 Å². The van der Waals surface area contributed by atoms with Crippen molar-refractivity contribution in [1.29, 1.82) is 0 Å². The second kappa shape index (κ2) is 13.5. The van der Waals surface area contributed by atoms with Crippen molar-refractivity contribution < 1.29 is 32.3 Å². The van der Waals surface area contributed by atoms with Crippen LogP contribution in [0.25, 0.3) is 11.1 Å². The van der Waals surface area contributed by atoms with Crippen molar-refractivity contribution in [2.75, 3.05) is 0 Å². The maximum atomic E-state index is 14.5. The van der Waals surface area contributed by atoms with Gasteiger partial charge in [-0.3, -0.25) is 23.5 Å². The van der Waals surface area contributed by atoms with Crippen LogP contribution in [0.1, 0.15) is 24.0 Å². The van der Waals surface area contributed by atoms with Crippen LogP contribution in [0.3, 0.4) is 0 Å². The Morgan fingerprint density at radius 3 is 1.72 bits per heavy atom. The predicted molar refractivity (Wildman–Crippen MR) is 109 cm³/mol. The molecule has 0 N–H and O–H groups in total. The van der Waals surface area contributed by atoms with Crippen molar-refractivity contribution in [2.24, 2.45) is 0 Å². The average Bonchev–Trinajstić information content (AvgIpc) is 2.57. The lowest BCUT2D eigenvalue weighted by Crippen LogP contribution is -2.01. The Kier molecular flexibility index (Phi) is 14.5. The third-order valence-electron chi connectivity index (χ3n) is 4.16. The van der Waals surface area contributed by atoms with Crippen LogP contribution >= 0.6 is 12.6 Å². The largest absolute Gasteiger partial charge is 0.269 e. The predicted octanol–water partition coefficient (Wildman–Crippen LogP) is 7.30. The van der Waals surface area contributed by atoms with Crippen molar-refractivity contribution >= 4 is 12.6 Å². The van der Waals surface area contributed by atoms with E-state index in [2.05, 4.69) is 6.92 Å². The second-order valence-corrected chi connectivity index (χ2v) is 6.45. The molecule has 0 saturated carbocycles. The fraction of sp³-hybridized carbons (Fsp3) is 0.143. The molecule has 0 spiro atoms. The van der Waals surface area contributed by atoms with Crippen LogP contribution in [0.2, 0.25) is 0 Å². The van der Waals surface area contributed by atoms with Crippen LogP contribution in [-0.2, 0) is 6.42 Å². The quantitative estimate of drug-likeness (QED) is 0.374. The molecule has 1 radical (unpaired) electrons. The van der Waals surface area contributed by atoms with E-state index < -0.39 is 11.6 Å². The Balaban J connectivity index is -0.00000135. The summed E-state index contributed by atoms with van der Waals surface area (Å²) >= 11 is 5.01. The van der Waals surface area contributed by atoms with Crippen LogP contribution in [-0.4, -0.2) is 0 Å². The van der Waals surface area contributed by atoms with Crippen molar-refractivity contribution in [3.8, 4) is 11.1 Å². The fourth-order valence-electron chi connectivity index (χ4n) is 2.89. The topological polar surface area (TPSA) is 0 Å². The van der Waals surface area contributed by atoms with Gasteiger partial charge >= 0.3 is 0 Å². The summed E-state index contributed by atoms with van der Waals surface area (Å²) in [6.07, 6.45) is 0.587. The van der Waals surface area contributed by atoms with Crippen molar-refractivity contribution in [3.63, 3.8) is 0 Å². The summed E-state index contributed by atoms with van der Waals surface area (Å²) in [5, 5.41) is 0. The normalized spacial score (nSPS) is 10.0. The highest BCUT2D eigenvalue weighted by atomic mass is 32.1. The molecule has 8 heteroatoms. The minimum Gasteiger partial charge on any atom is -0.269 e. The summed E-state index contributed by atoms with van der Waals surface area (Å²) in [6.45, 7) is 2.06. The van der Waals surface area contributed by atoms with Crippen LogP contribution < -0.4 is 0 Å². The van der Waals surface area contributed by atoms with E-state index in [1.807, 2.05) is 30.3 Å². The third-order valence-corrected chi connectivity index (χ3v) is 4.43. The Labute approximate surface area is 170 Å². The molecule has 0 aliphatic rings. The molecule has 161 valence electrons. The molecule has 0 saturated heterocycles.